The minimum absolute atomic E-state index is 0.335. The van der Waals surface area contributed by atoms with Crippen molar-refractivity contribution in [2.45, 2.75) is 45.1 Å². The lowest BCUT2D eigenvalue weighted by Gasteiger charge is -2.35. The van der Waals surface area contributed by atoms with Crippen LogP contribution in [0.2, 0.25) is 0 Å². The first kappa shape index (κ1) is 15.2. The number of nitrogens with zero attached hydrogens (tertiary/aromatic N) is 1. The molecule has 1 aliphatic carbocycles. The van der Waals surface area contributed by atoms with Gasteiger partial charge < -0.3 is 15.3 Å². The topological polar surface area (TPSA) is 35.5 Å². The molecule has 1 saturated carbocycles. The second kappa shape index (κ2) is 7.53. The third-order valence-corrected chi connectivity index (χ3v) is 4.36. The average Bonchev–Trinajstić information content (AvgIpc) is 2.47. The fourth-order valence-corrected chi connectivity index (χ4v) is 3.19. The summed E-state index contributed by atoms with van der Waals surface area (Å²) in [5.74, 6) is 1.07. The van der Waals surface area contributed by atoms with Gasteiger partial charge in [0.1, 0.15) is 5.75 Å². The summed E-state index contributed by atoms with van der Waals surface area (Å²) in [6.45, 7) is 4.45. The molecule has 0 radical (unpaired) electrons. The molecule has 0 heterocycles. The van der Waals surface area contributed by atoms with Crippen molar-refractivity contribution in [3.05, 3.63) is 24.3 Å². The van der Waals surface area contributed by atoms with E-state index in [0.717, 1.165) is 19.0 Å². The van der Waals surface area contributed by atoms with Crippen LogP contribution >= 0.6 is 0 Å². The molecule has 3 nitrogen and oxygen atoms in total. The Balaban J connectivity index is 1.93. The highest BCUT2D eigenvalue weighted by molar-refractivity contribution is 5.48. The van der Waals surface area contributed by atoms with Crippen LogP contribution in [-0.4, -0.2) is 31.3 Å². The maximum atomic E-state index is 9.37. The predicted molar refractivity (Wildman–Crippen MR) is 85.4 cm³/mol. The molecule has 1 aromatic rings. The van der Waals surface area contributed by atoms with Gasteiger partial charge in [0.05, 0.1) is 0 Å². The van der Waals surface area contributed by atoms with Gasteiger partial charge in [0, 0.05) is 25.3 Å². The number of hydrogen-bond donors (Lipinski definition) is 2. The normalized spacial score (nSPS) is 22.7. The lowest BCUT2D eigenvalue weighted by Crippen LogP contribution is -2.43. The Morgan fingerprint density at radius 1 is 1.20 bits per heavy atom. The van der Waals surface area contributed by atoms with Gasteiger partial charge in [-0.1, -0.05) is 19.8 Å². The summed E-state index contributed by atoms with van der Waals surface area (Å²) in [5, 5.41) is 13.1. The predicted octanol–water partition coefficient (Wildman–Crippen LogP) is 3.39. The van der Waals surface area contributed by atoms with Crippen molar-refractivity contribution in [2.24, 2.45) is 5.92 Å². The van der Waals surface area contributed by atoms with E-state index in [1.165, 1.54) is 37.8 Å². The zero-order valence-electron chi connectivity index (χ0n) is 12.8. The van der Waals surface area contributed by atoms with Gasteiger partial charge in [-0.2, -0.15) is 0 Å². The fourth-order valence-electron chi connectivity index (χ4n) is 3.19. The molecule has 1 aromatic carbocycles. The van der Waals surface area contributed by atoms with Crippen molar-refractivity contribution < 1.29 is 5.11 Å². The molecule has 1 fully saturated rings. The summed E-state index contributed by atoms with van der Waals surface area (Å²) in [5.41, 5.74) is 1.18. The summed E-state index contributed by atoms with van der Waals surface area (Å²) in [7, 11) is 2.15. The van der Waals surface area contributed by atoms with Crippen molar-refractivity contribution in [3.8, 4) is 5.75 Å². The molecule has 0 aromatic heterocycles. The SMILES string of the molecule is CCCNC1CCCCC1CN(C)c1ccc(O)cc1. The zero-order chi connectivity index (χ0) is 14.4. The molecule has 3 heteroatoms. The third kappa shape index (κ3) is 4.14. The first-order valence-electron chi connectivity index (χ1n) is 7.94. The van der Waals surface area contributed by atoms with Crippen LogP contribution in [0.25, 0.3) is 0 Å². The van der Waals surface area contributed by atoms with Crippen LogP contribution in [0, 0.1) is 5.92 Å². The summed E-state index contributed by atoms with van der Waals surface area (Å²) in [6.07, 6.45) is 6.56. The van der Waals surface area contributed by atoms with E-state index in [1.807, 2.05) is 12.1 Å². The van der Waals surface area contributed by atoms with E-state index in [2.05, 4.69) is 24.2 Å². The van der Waals surface area contributed by atoms with Crippen molar-refractivity contribution in [3.63, 3.8) is 0 Å². The number of rotatable bonds is 6. The molecule has 0 amide bonds. The van der Waals surface area contributed by atoms with Crippen molar-refractivity contribution in [1.29, 1.82) is 0 Å². The van der Waals surface area contributed by atoms with Crippen LogP contribution < -0.4 is 10.2 Å². The van der Waals surface area contributed by atoms with E-state index in [1.54, 1.807) is 12.1 Å². The number of benzene rings is 1. The second-order valence-corrected chi connectivity index (χ2v) is 6.00. The van der Waals surface area contributed by atoms with Gasteiger partial charge in [-0.25, -0.2) is 0 Å². The van der Waals surface area contributed by atoms with Gasteiger partial charge in [-0.3, -0.25) is 0 Å². The molecule has 2 atom stereocenters. The maximum Gasteiger partial charge on any atom is 0.115 e. The Morgan fingerprint density at radius 3 is 2.60 bits per heavy atom. The van der Waals surface area contributed by atoms with E-state index >= 15 is 0 Å². The highest BCUT2D eigenvalue weighted by atomic mass is 16.3. The van der Waals surface area contributed by atoms with E-state index in [4.69, 9.17) is 0 Å². The van der Waals surface area contributed by atoms with Crippen LogP contribution in [0.3, 0.4) is 0 Å². The van der Waals surface area contributed by atoms with Gasteiger partial charge >= 0.3 is 0 Å². The highest BCUT2D eigenvalue weighted by Gasteiger charge is 2.25. The largest absolute Gasteiger partial charge is 0.508 e. The molecule has 2 rings (SSSR count). The van der Waals surface area contributed by atoms with Crippen LogP contribution in [0.4, 0.5) is 5.69 Å². The second-order valence-electron chi connectivity index (χ2n) is 6.00. The summed E-state index contributed by atoms with van der Waals surface area (Å²) in [4.78, 5) is 2.32. The number of aromatic hydroxyl groups is 1. The fraction of sp³-hybridized carbons (Fsp3) is 0.647. The Kier molecular flexibility index (Phi) is 5.72. The maximum absolute atomic E-state index is 9.37. The van der Waals surface area contributed by atoms with E-state index in [9.17, 15) is 5.11 Å². The number of phenols is 1. The number of nitrogens with one attached hydrogen (secondary N) is 1. The quantitative estimate of drug-likeness (QED) is 0.836. The van der Waals surface area contributed by atoms with Crippen LogP contribution in [0.5, 0.6) is 5.75 Å². The van der Waals surface area contributed by atoms with Gasteiger partial charge in [0.2, 0.25) is 0 Å². The molecule has 0 bridgehead atoms. The van der Waals surface area contributed by atoms with Crippen LogP contribution in [0.1, 0.15) is 39.0 Å². The summed E-state index contributed by atoms with van der Waals surface area (Å²) in [6, 6.07) is 8.18. The molecule has 1 aliphatic rings. The average molecular weight is 276 g/mol. The Hall–Kier alpha value is -1.22. The molecular weight excluding hydrogens is 248 g/mol. The first-order valence-corrected chi connectivity index (χ1v) is 7.94. The standard InChI is InChI=1S/C17H28N2O/c1-3-12-18-17-7-5-4-6-14(17)13-19(2)15-8-10-16(20)11-9-15/h8-11,14,17-18,20H,3-7,12-13H2,1-2H3. The summed E-state index contributed by atoms with van der Waals surface area (Å²) >= 11 is 0. The molecule has 0 aliphatic heterocycles. The highest BCUT2D eigenvalue weighted by Crippen LogP contribution is 2.27. The van der Waals surface area contributed by atoms with Gasteiger partial charge in [-0.15, -0.1) is 0 Å². The molecular formula is C17H28N2O. The monoisotopic (exact) mass is 276 g/mol. The van der Waals surface area contributed by atoms with Gasteiger partial charge in [0.25, 0.3) is 0 Å². The number of hydrogen-bond acceptors (Lipinski definition) is 3. The van der Waals surface area contributed by atoms with E-state index < -0.39 is 0 Å². The Labute approximate surface area is 123 Å². The molecule has 2 unspecified atom stereocenters. The molecule has 112 valence electrons. The van der Waals surface area contributed by atoms with Gasteiger partial charge in [0.15, 0.2) is 0 Å². The zero-order valence-corrected chi connectivity index (χ0v) is 12.8. The minimum Gasteiger partial charge on any atom is -0.508 e. The number of phenolic OH excluding ortho intramolecular Hbond substituents is 1. The number of anilines is 1. The van der Waals surface area contributed by atoms with E-state index in [0.29, 0.717) is 11.8 Å². The van der Waals surface area contributed by atoms with Crippen molar-refractivity contribution >= 4 is 5.69 Å². The molecule has 0 saturated heterocycles. The smallest absolute Gasteiger partial charge is 0.115 e. The van der Waals surface area contributed by atoms with E-state index in [-0.39, 0.29) is 0 Å². The Bertz CT molecular complexity index is 390. The molecule has 2 N–H and O–H groups in total. The molecule has 0 spiro atoms. The van der Waals surface area contributed by atoms with Crippen LogP contribution in [-0.2, 0) is 0 Å². The van der Waals surface area contributed by atoms with Crippen LogP contribution in [0.15, 0.2) is 24.3 Å². The molecule has 20 heavy (non-hydrogen) atoms. The first-order chi connectivity index (χ1) is 9.70. The third-order valence-electron chi connectivity index (χ3n) is 4.36. The van der Waals surface area contributed by atoms with Crippen molar-refractivity contribution in [2.75, 3.05) is 25.0 Å². The van der Waals surface area contributed by atoms with Gasteiger partial charge in [-0.05, 0) is 56.0 Å². The minimum atomic E-state index is 0.335. The van der Waals surface area contributed by atoms with Crippen molar-refractivity contribution in [1.82, 2.24) is 5.32 Å². The summed E-state index contributed by atoms with van der Waals surface area (Å²) < 4.78 is 0. The lowest BCUT2D eigenvalue weighted by atomic mass is 9.84. The lowest BCUT2D eigenvalue weighted by molar-refractivity contribution is 0.266. The Morgan fingerprint density at radius 2 is 1.90 bits per heavy atom.